The first-order valence-electron chi connectivity index (χ1n) is 6.58. The number of amides is 1. The van der Waals surface area contributed by atoms with Crippen molar-refractivity contribution in [3.05, 3.63) is 53.6 Å². The monoisotopic (exact) mass is 305 g/mol. The van der Waals surface area contributed by atoms with Gasteiger partial charge in [0.15, 0.2) is 0 Å². The Hall–Kier alpha value is -2.20. The normalized spacial score (nSPS) is 10.3. The van der Waals surface area contributed by atoms with Gasteiger partial charge in [-0.2, -0.15) is 0 Å². The number of aromatic hydroxyl groups is 2. The van der Waals surface area contributed by atoms with Crippen LogP contribution >= 0.6 is 11.6 Å². The molecule has 1 amide bonds. The number of hydrogen-bond acceptors (Lipinski definition) is 3. The van der Waals surface area contributed by atoms with Crippen LogP contribution in [-0.4, -0.2) is 22.0 Å². The molecule has 0 fully saturated rings. The second-order valence-electron chi connectivity index (χ2n) is 4.65. The summed E-state index contributed by atoms with van der Waals surface area (Å²) in [7, 11) is 0. The van der Waals surface area contributed by atoms with Gasteiger partial charge in [-0.15, -0.1) is 11.6 Å². The maximum absolute atomic E-state index is 12.1. The molecule has 21 heavy (non-hydrogen) atoms. The minimum absolute atomic E-state index is 0.0289. The number of phenols is 2. The summed E-state index contributed by atoms with van der Waals surface area (Å²) in [6, 6.07) is 11.3. The SMILES string of the molecule is O=C(Nc1cccc(CCCCl)c1)c1cc(O)ccc1O. The lowest BCUT2D eigenvalue weighted by Gasteiger charge is -2.09. The van der Waals surface area contributed by atoms with Crippen molar-refractivity contribution in [2.45, 2.75) is 12.8 Å². The molecule has 3 N–H and O–H groups in total. The zero-order valence-electron chi connectivity index (χ0n) is 11.3. The van der Waals surface area contributed by atoms with Gasteiger partial charge < -0.3 is 15.5 Å². The molecular formula is C16H16ClNO3. The Kier molecular flexibility index (Phi) is 5.06. The number of carbonyl (C=O) groups is 1. The molecule has 5 heteroatoms. The first kappa shape index (κ1) is 15.2. The van der Waals surface area contributed by atoms with Crippen molar-refractivity contribution in [3.63, 3.8) is 0 Å². The summed E-state index contributed by atoms with van der Waals surface area (Å²) >= 11 is 5.67. The molecule has 0 spiro atoms. The molecule has 0 aromatic heterocycles. The minimum Gasteiger partial charge on any atom is -0.508 e. The molecule has 4 nitrogen and oxygen atoms in total. The number of benzene rings is 2. The van der Waals surface area contributed by atoms with Crippen molar-refractivity contribution in [1.82, 2.24) is 0 Å². The predicted molar refractivity (Wildman–Crippen MR) is 83.2 cm³/mol. The van der Waals surface area contributed by atoms with Crippen molar-refractivity contribution in [1.29, 1.82) is 0 Å². The third-order valence-corrected chi connectivity index (χ3v) is 3.28. The fourth-order valence-electron chi connectivity index (χ4n) is 1.98. The highest BCUT2D eigenvalue weighted by atomic mass is 35.5. The summed E-state index contributed by atoms with van der Waals surface area (Å²) < 4.78 is 0. The van der Waals surface area contributed by atoms with Crippen LogP contribution in [0.4, 0.5) is 5.69 Å². The molecule has 0 radical (unpaired) electrons. The van der Waals surface area contributed by atoms with Gasteiger partial charge in [0.1, 0.15) is 11.5 Å². The Bertz CT molecular complexity index is 643. The van der Waals surface area contributed by atoms with Gasteiger partial charge in [-0.3, -0.25) is 4.79 Å². The van der Waals surface area contributed by atoms with E-state index in [-0.39, 0.29) is 17.1 Å². The van der Waals surface area contributed by atoms with Crippen LogP contribution in [0.2, 0.25) is 0 Å². The van der Waals surface area contributed by atoms with E-state index in [2.05, 4.69) is 5.32 Å². The van der Waals surface area contributed by atoms with Crippen molar-refractivity contribution in [3.8, 4) is 11.5 Å². The lowest BCUT2D eigenvalue weighted by molar-refractivity contribution is 0.102. The van der Waals surface area contributed by atoms with Crippen LogP contribution in [0.1, 0.15) is 22.3 Å². The number of halogens is 1. The Morgan fingerprint density at radius 2 is 1.95 bits per heavy atom. The lowest BCUT2D eigenvalue weighted by Crippen LogP contribution is -2.12. The molecule has 2 rings (SSSR count). The quantitative estimate of drug-likeness (QED) is 0.585. The largest absolute Gasteiger partial charge is 0.508 e. The van der Waals surface area contributed by atoms with Crippen molar-refractivity contribution in [2.24, 2.45) is 0 Å². The van der Waals surface area contributed by atoms with Crippen LogP contribution < -0.4 is 5.32 Å². The smallest absolute Gasteiger partial charge is 0.259 e. The van der Waals surface area contributed by atoms with Crippen molar-refractivity contribution >= 4 is 23.2 Å². The van der Waals surface area contributed by atoms with E-state index in [0.717, 1.165) is 18.4 Å². The molecule has 0 aliphatic heterocycles. The fraction of sp³-hybridized carbons (Fsp3) is 0.188. The Labute approximate surface area is 128 Å². The van der Waals surface area contributed by atoms with E-state index in [9.17, 15) is 15.0 Å². The van der Waals surface area contributed by atoms with Gasteiger partial charge in [0.2, 0.25) is 0 Å². The fourth-order valence-corrected chi connectivity index (χ4v) is 2.11. The Balaban J connectivity index is 2.14. The van der Waals surface area contributed by atoms with E-state index in [1.54, 1.807) is 6.07 Å². The van der Waals surface area contributed by atoms with Gasteiger partial charge in [0, 0.05) is 11.6 Å². The number of anilines is 1. The number of nitrogens with one attached hydrogen (secondary N) is 1. The second kappa shape index (κ2) is 6.99. The van der Waals surface area contributed by atoms with Crippen LogP contribution in [0.3, 0.4) is 0 Å². The zero-order valence-corrected chi connectivity index (χ0v) is 12.1. The van der Waals surface area contributed by atoms with Crippen LogP contribution in [0.25, 0.3) is 0 Å². The summed E-state index contributed by atoms with van der Waals surface area (Å²) in [5.74, 6) is -0.136. The van der Waals surface area contributed by atoms with Gasteiger partial charge in [-0.05, 0) is 48.7 Å². The third-order valence-electron chi connectivity index (χ3n) is 3.01. The molecule has 110 valence electrons. The van der Waals surface area contributed by atoms with E-state index < -0.39 is 5.91 Å². The van der Waals surface area contributed by atoms with Crippen molar-refractivity contribution < 1.29 is 15.0 Å². The standard InChI is InChI=1S/C16H16ClNO3/c17-8-2-4-11-3-1-5-12(9-11)18-16(21)14-10-13(19)6-7-15(14)20/h1,3,5-7,9-10,19-20H,2,4,8H2,(H,18,21). The van der Waals surface area contributed by atoms with E-state index in [1.807, 2.05) is 18.2 Å². The molecule has 0 atom stereocenters. The predicted octanol–water partition coefficient (Wildman–Crippen LogP) is 3.52. The van der Waals surface area contributed by atoms with E-state index in [0.29, 0.717) is 11.6 Å². The topological polar surface area (TPSA) is 69.6 Å². The molecule has 0 bridgehead atoms. The Morgan fingerprint density at radius 1 is 1.14 bits per heavy atom. The summed E-state index contributed by atoms with van der Waals surface area (Å²) in [5.41, 5.74) is 1.74. The summed E-state index contributed by atoms with van der Waals surface area (Å²) in [5, 5.41) is 21.8. The summed E-state index contributed by atoms with van der Waals surface area (Å²) in [6.07, 6.45) is 1.71. The van der Waals surface area contributed by atoms with E-state index in [1.165, 1.54) is 18.2 Å². The number of alkyl halides is 1. The van der Waals surface area contributed by atoms with Gasteiger partial charge >= 0.3 is 0 Å². The van der Waals surface area contributed by atoms with Crippen LogP contribution in [-0.2, 0) is 6.42 Å². The Morgan fingerprint density at radius 3 is 2.71 bits per heavy atom. The first-order chi connectivity index (χ1) is 10.1. The van der Waals surface area contributed by atoms with Crippen LogP contribution in [0, 0.1) is 0 Å². The number of phenolic OH excluding ortho intramolecular Hbond substituents is 2. The highest BCUT2D eigenvalue weighted by molar-refractivity contribution is 6.17. The molecular weight excluding hydrogens is 290 g/mol. The first-order valence-corrected chi connectivity index (χ1v) is 7.12. The molecule has 2 aromatic carbocycles. The highest BCUT2D eigenvalue weighted by Gasteiger charge is 2.12. The van der Waals surface area contributed by atoms with Crippen LogP contribution in [0.15, 0.2) is 42.5 Å². The summed E-state index contributed by atoms with van der Waals surface area (Å²) in [6.45, 7) is 0. The minimum atomic E-state index is -0.474. The molecule has 0 aliphatic carbocycles. The van der Waals surface area contributed by atoms with Crippen LogP contribution in [0.5, 0.6) is 11.5 Å². The molecule has 0 unspecified atom stereocenters. The lowest BCUT2D eigenvalue weighted by atomic mass is 10.1. The zero-order chi connectivity index (χ0) is 15.2. The van der Waals surface area contributed by atoms with Gasteiger partial charge in [0.25, 0.3) is 5.91 Å². The van der Waals surface area contributed by atoms with Gasteiger partial charge in [-0.1, -0.05) is 12.1 Å². The molecule has 0 aliphatic rings. The molecule has 0 saturated carbocycles. The molecule has 0 heterocycles. The van der Waals surface area contributed by atoms with Gasteiger partial charge in [0.05, 0.1) is 5.56 Å². The summed E-state index contributed by atoms with van der Waals surface area (Å²) in [4.78, 5) is 12.1. The average Bonchev–Trinajstić information content (AvgIpc) is 2.48. The van der Waals surface area contributed by atoms with Gasteiger partial charge in [-0.25, -0.2) is 0 Å². The number of hydrogen-bond donors (Lipinski definition) is 3. The average molecular weight is 306 g/mol. The molecule has 0 saturated heterocycles. The maximum atomic E-state index is 12.1. The van der Waals surface area contributed by atoms with E-state index in [4.69, 9.17) is 11.6 Å². The third kappa shape index (κ3) is 4.13. The van der Waals surface area contributed by atoms with Crippen molar-refractivity contribution in [2.75, 3.05) is 11.2 Å². The maximum Gasteiger partial charge on any atom is 0.259 e. The number of aryl methyl sites for hydroxylation is 1. The van der Waals surface area contributed by atoms with E-state index >= 15 is 0 Å². The highest BCUT2D eigenvalue weighted by Crippen LogP contribution is 2.23. The number of rotatable bonds is 5. The molecule has 2 aromatic rings. The number of carbonyl (C=O) groups excluding carboxylic acids is 1. The second-order valence-corrected chi connectivity index (χ2v) is 5.03.